The van der Waals surface area contributed by atoms with Crippen LogP contribution in [0.4, 0.5) is 5.69 Å². The van der Waals surface area contributed by atoms with Gasteiger partial charge < -0.3 is 19.5 Å². The van der Waals surface area contributed by atoms with Crippen LogP contribution in [0.5, 0.6) is 5.75 Å². The van der Waals surface area contributed by atoms with E-state index in [1.54, 1.807) is 7.11 Å². The topological polar surface area (TPSA) is 82.6 Å². The minimum absolute atomic E-state index is 0.0743. The Hall–Kier alpha value is -3.03. The zero-order chi connectivity index (χ0) is 19.3. The van der Waals surface area contributed by atoms with E-state index in [2.05, 4.69) is 15.3 Å². The summed E-state index contributed by atoms with van der Waals surface area (Å²) in [5.41, 5.74) is 3.20. The van der Waals surface area contributed by atoms with Crippen molar-refractivity contribution in [2.24, 2.45) is 0 Å². The number of aromatic nitrogens is 2. The normalized spacial score (nSPS) is 15.5. The molecule has 1 unspecified atom stereocenters. The van der Waals surface area contributed by atoms with Crippen molar-refractivity contribution in [1.29, 1.82) is 0 Å². The molecule has 2 heterocycles. The number of methoxy groups -OCH3 is 1. The van der Waals surface area contributed by atoms with Gasteiger partial charge in [-0.15, -0.1) is 0 Å². The minimum Gasteiger partial charge on any atom is -0.491 e. The van der Waals surface area contributed by atoms with Gasteiger partial charge in [-0.3, -0.25) is 4.79 Å². The minimum atomic E-state index is -0.442. The van der Waals surface area contributed by atoms with Crippen molar-refractivity contribution in [1.82, 2.24) is 9.97 Å². The smallest absolute Gasteiger partial charge is 0.238 e. The van der Waals surface area contributed by atoms with E-state index in [1.807, 2.05) is 42.5 Å². The maximum Gasteiger partial charge on any atom is 0.238 e. The Kier molecular flexibility index (Phi) is 5.45. The Balaban J connectivity index is 1.54. The predicted octanol–water partition coefficient (Wildman–Crippen LogP) is 2.76. The first-order valence-electron chi connectivity index (χ1n) is 9.12. The monoisotopic (exact) mass is 379 g/mol. The van der Waals surface area contributed by atoms with Gasteiger partial charge in [-0.05, 0) is 23.8 Å². The summed E-state index contributed by atoms with van der Waals surface area (Å²) in [5, 5.41) is 3.76. The predicted molar refractivity (Wildman–Crippen MR) is 105 cm³/mol. The number of rotatable bonds is 8. The Morgan fingerprint density at radius 1 is 1.04 bits per heavy atom. The Bertz CT molecular complexity index is 992. The summed E-state index contributed by atoms with van der Waals surface area (Å²) in [5.74, 6) is 0.182. The van der Waals surface area contributed by atoms with Crippen LogP contribution >= 0.6 is 0 Å². The van der Waals surface area contributed by atoms with Gasteiger partial charge in [0.15, 0.2) is 0 Å². The van der Waals surface area contributed by atoms with Crippen molar-refractivity contribution in [3.05, 3.63) is 60.0 Å². The van der Waals surface area contributed by atoms with E-state index in [0.717, 1.165) is 22.2 Å². The highest BCUT2D eigenvalue weighted by Gasteiger charge is 2.33. The van der Waals surface area contributed by atoms with E-state index in [4.69, 9.17) is 14.2 Å². The van der Waals surface area contributed by atoms with Crippen LogP contribution in [0.15, 0.2) is 48.8 Å². The fourth-order valence-electron chi connectivity index (χ4n) is 3.32. The van der Waals surface area contributed by atoms with Gasteiger partial charge in [-0.25, -0.2) is 9.97 Å². The second-order valence-electron chi connectivity index (χ2n) is 6.40. The highest BCUT2D eigenvalue weighted by atomic mass is 16.5. The highest BCUT2D eigenvalue weighted by Crippen LogP contribution is 2.38. The molecule has 28 heavy (non-hydrogen) atoms. The number of benzene rings is 2. The molecule has 1 amide bonds. The summed E-state index contributed by atoms with van der Waals surface area (Å²) in [7, 11) is 1.64. The molecule has 144 valence electrons. The van der Waals surface area contributed by atoms with Gasteiger partial charge in [0.05, 0.1) is 31.0 Å². The molecule has 0 saturated heterocycles. The number of para-hydroxylation sites is 1. The summed E-state index contributed by atoms with van der Waals surface area (Å²) < 4.78 is 16.1. The van der Waals surface area contributed by atoms with Crippen LogP contribution in [0.1, 0.15) is 17.2 Å². The number of nitrogens with one attached hydrogen (secondary N) is 1. The van der Waals surface area contributed by atoms with Crippen LogP contribution in [-0.4, -0.2) is 49.4 Å². The maximum atomic E-state index is 12.6. The standard InChI is InChI=1S/C21H21N3O4/c1-26-8-9-27-10-11-28-14-6-7-16-18(12-14)22-13-23-20(16)19-15-4-2-3-5-17(15)24-21(19)25/h2-7,12-13,19H,8-11H2,1H3,(H,24,25). The molecule has 0 saturated carbocycles. The molecule has 1 aliphatic heterocycles. The number of nitrogens with zero attached hydrogens (tertiary/aromatic N) is 2. The van der Waals surface area contributed by atoms with Gasteiger partial charge in [-0.2, -0.15) is 0 Å². The molecule has 1 aliphatic rings. The third kappa shape index (κ3) is 3.67. The zero-order valence-electron chi connectivity index (χ0n) is 15.6. The average Bonchev–Trinajstić information content (AvgIpc) is 3.05. The summed E-state index contributed by atoms with van der Waals surface area (Å²) in [6.45, 7) is 2.02. The number of amides is 1. The lowest BCUT2D eigenvalue weighted by Crippen LogP contribution is -2.15. The number of ether oxygens (including phenoxy) is 3. The second kappa shape index (κ2) is 8.33. The lowest BCUT2D eigenvalue weighted by atomic mass is 9.94. The van der Waals surface area contributed by atoms with Crippen molar-refractivity contribution in [2.75, 3.05) is 38.9 Å². The number of fused-ring (bicyclic) bond motifs is 2. The molecule has 1 aromatic heterocycles. The third-order valence-electron chi connectivity index (χ3n) is 4.63. The SMILES string of the molecule is COCCOCCOc1ccc2c(C3C(=O)Nc4ccccc43)ncnc2c1. The molecule has 0 aliphatic carbocycles. The van der Waals surface area contributed by atoms with Gasteiger partial charge >= 0.3 is 0 Å². The largest absolute Gasteiger partial charge is 0.491 e. The lowest BCUT2D eigenvalue weighted by molar-refractivity contribution is -0.116. The van der Waals surface area contributed by atoms with Crippen molar-refractivity contribution in [3.8, 4) is 5.75 Å². The number of hydrogen-bond acceptors (Lipinski definition) is 6. The number of carbonyl (C=O) groups excluding carboxylic acids is 1. The van der Waals surface area contributed by atoms with Crippen molar-refractivity contribution in [2.45, 2.75) is 5.92 Å². The zero-order valence-corrected chi connectivity index (χ0v) is 15.6. The van der Waals surface area contributed by atoms with Crippen LogP contribution < -0.4 is 10.1 Å². The van der Waals surface area contributed by atoms with E-state index in [-0.39, 0.29) is 5.91 Å². The highest BCUT2D eigenvalue weighted by molar-refractivity contribution is 6.06. The summed E-state index contributed by atoms with van der Waals surface area (Å²) >= 11 is 0. The summed E-state index contributed by atoms with van der Waals surface area (Å²) in [6.07, 6.45) is 1.49. The van der Waals surface area contributed by atoms with E-state index < -0.39 is 5.92 Å². The van der Waals surface area contributed by atoms with Crippen LogP contribution in [0.3, 0.4) is 0 Å². The first-order valence-corrected chi connectivity index (χ1v) is 9.12. The molecule has 4 rings (SSSR count). The second-order valence-corrected chi connectivity index (χ2v) is 6.40. The molecule has 0 spiro atoms. The first kappa shape index (κ1) is 18.3. The third-order valence-corrected chi connectivity index (χ3v) is 4.63. The van der Waals surface area contributed by atoms with Crippen molar-refractivity contribution < 1.29 is 19.0 Å². The van der Waals surface area contributed by atoms with Crippen LogP contribution in [0.25, 0.3) is 10.9 Å². The molecular weight excluding hydrogens is 358 g/mol. The fourth-order valence-corrected chi connectivity index (χ4v) is 3.32. The molecule has 1 N–H and O–H groups in total. The van der Waals surface area contributed by atoms with Crippen molar-refractivity contribution >= 4 is 22.5 Å². The van der Waals surface area contributed by atoms with Crippen LogP contribution in [0.2, 0.25) is 0 Å². The fraction of sp³-hybridized carbons (Fsp3) is 0.286. The van der Waals surface area contributed by atoms with E-state index in [0.29, 0.717) is 37.9 Å². The summed E-state index contributed by atoms with van der Waals surface area (Å²) in [6, 6.07) is 13.3. The molecule has 2 aromatic carbocycles. The number of hydrogen-bond donors (Lipinski definition) is 1. The van der Waals surface area contributed by atoms with Gasteiger partial charge in [0, 0.05) is 24.2 Å². The Labute approximate surface area is 162 Å². The molecule has 0 radical (unpaired) electrons. The first-order chi connectivity index (χ1) is 13.8. The molecule has 1 atom stereocenters. The number of anilines is 1. The average molecular weight is 379 g/mol. The molecule has 0 fully saturated rings. The van der Waals surface area contributed by atoms with E-state index >= 15 is 0 Å². The maximum absolute atomic E-state index is 12.6. The summed E-state index contributed by atoms with van der Waals surface area (Å²) in [4.78, 5) is 21.4. The molecular formula is C21H21N3O4. The van der Waals surface area contributed by atoms with E-state index in [9.17, 15) is 4.79 Å². The number of carbonyl (C=O) groups is 1. The van der Waals surface area contributed by atoms with Gasteiger partial charge in [-0.1, -0.05) is 18.2 Å². The van der Waals surface area contributed by atoms with E-state index in [1.165, 1.54) is 6.33 Å². The Morgan fingerprint density at radius 2 is 1.89 bits per heavy atom. The van der Waals surface area contributed by atoms with Gasteiger partial charge in [0.25, 0.3) is 0 Å². The molecule has 7 nitrogen and oxygen atoms in total. The molecule has 3 aromatic rings. The molecule has 0 bridgehead atoms. The quantitative estimate of drug-likeness (QED) is 0.606. The van der Waals surface area contributed by atoms with Crippen LogP contribution in [0, 0.1) is 0 Å². The van der Waals surface area contributed by atoms with Crippen LogP contribution in [-0.2, 0) is 14.3 Å². The van der Waals surface area contributed by atoms with Crippen molar-refractivity contribution in [3.63, 3.8) is 0 Å². The van der Waals surface area contributed by atoms with Gasteiger partial charge in [0.1, 0.15) is 24.6 Å². The lowest BCUT2D eigenvalue weighted by Gasteiger charge is -2.12. The Morgan fingerprint density at radius 3 is 2.79 bits per heavy atom. The van der Waals surface area contributed by atoms with Gasteiger partial charge in [0.2, 0.25) is 5.91 Å². The molecule has 7 heteroatoms.